The first-order chi connectivity index (χ1) is 13.7. The van der Waals surface area contributed by atoms with Crippen LogP contribution in [0.1, 0.15) is 87.6 Å². The van der Waals surface area contributed by atoms with Gasteiger partial charge in [0.15, 0.2) is 0 Å². The van der Waals surface area contributed by atoms with Gasteiger partial charge in [-0.05, 0) is 37.8 Å². The van der Waals surface area contributed by atoms with Crippen LogP contribution < -0.4 is 0 Å². The number of carbonyl (C=O) groups is 2. The van der Waals surface area contributed by atoms with Crippen LogP contribution in [-0.2, 0) is 16.0 Å². The van der Waals surface area contributed by atoms with Crippen LogP contribution in [0, 0.1) is 0 Å². The van der Waals surface area contributed by atoms with E-state index in [9.17, 15) is 30.0 Å². The van der Waals surface area contributed by atoms with Gasteiger partial charge >= 0.3 is 11.9 Å². The normalized spacial score (nSPS) is 13.1. The molecule has 0 saturated heterocycles. The highest BCUT2D eigenvalue weighted by molar-refractivity contribution is 5.93. The number of benzene rings is 1. The van der Waals surface area contributed by atoms with Crippen molar-refractivity contribution in [2.75, 3.05) is 0 Å². The summed E-state index contributed by atoms with van der Waals surface area (Å²) in [6, 6.07) is 2.27. The van der Waals surface area contributed by atoms with Gasteiger partial charge in [-0.15, -0.1) is 0 Å². The second kappa shape index (κ2) is 13.0. The summed E-state index contributed by atoms with van der Waals surface area (Å²) >= 11 is 0. The van der Waals surface area contributed by atoms with E-state index in [1.54, 1.807) is 6.92 Å². The Labute approximate surface area is 172 Å². The molecule has 0 radical (unpaired) electrons. The third-order valence-electron chi connectivity index (χ3n) is 4.83. The molecule has 0 unspecified atom stereocenters. The summed E-state index contributed by atoms with van der Waals surface area (Å²) in [5.41, 5.74) is -0.0449. The number of aromatic carboxylic acids is 1. The lowest BCUT2D eigenvalue weighted by Crippen LogP contribution is -2.20. The number of phenols is 2. The van der Waals surface area contributed by atoms with Crippen LogP contribution in [-0.4, -0.2) is 44.6 Å². The van der Waals surface area contributed by atoms with Gasteiger partial charge in [0.2, 0.25) is 0 Å². The van der Waals surface area contributed by atoms with Crippen LogP contribution >= 0.6 is 0 Å². The number of carboxylic acids is 1. The van der Waals surface area contributed by atoms with Gasteiger partial charge in [0, 0.05) is 19.4 Å². The summed E-state index contributed by atoms with van der Waals surface area (Å²) in [6.45, 7) is 3.11. The van der Waals surface area contributed by atoms with Gasteiger partial charge in [0.1, 0.15) is 23.2 Å². The van der Waals surface area contributed by atoms with Crippen molar-refractivity contribution in [3.05, 3.63) is 23.3 Å². The van der Waals surface area contributed by atoms with Gasteiger partial charge in [-0.25, -0.2) is 4.79 Å². The molecule has 0 aromatic heterocycles. The van der Waals surface area contributed by atoms with Gasteiger partial charge in [-0.2, -0.15) is 0 Å². The van der Waals surface area contributed by atoms with Crippen molar-refractivity contribution in [3.63, 3.8) is 0 Å². The predicted molar refractivity (Wildman–Crippen MR) is 109 cm³/mol. The van der Waals surface area contributed by atoms with Crippen LogP contribution in [0.2, 0.25) is 0 Å². The smallest absolute Gasteiger partial charge is 0.339 e. The molecular weight excluding hydrogens is 376 g/mol. The number of carboxylic acid groups (broad SMARTS) is 1. The van der Waals surface area contributed by atoms with E-state index in [0.29, 0.717) is 6.42 Å². The van der Waals surface area contributed by atoms with E-state index in [-0.39, 0.29) is 29.4 Å². The Morgan fingerprint density at radius 2 is 1.52 bits per heavy atom. The second-order valence-corrected chi connectivity index (χ2v) is 7.64. The number of aromatic hydroxyl groups is 2. The van der Waals surface area contributed by atoms with E-state index in [4.69, 9.17) is 4.74 Å². The molecule has 0 fully saturated rings. The zero-order chi connectivity index (χ0) is 21.8. The minimum absolute atomic E-state index is 0.114. The van der Waals surface area contributed by atoms with Crippen molar-refractivity contribution in [1.82, 2.24) is 0 Å². The number of rotatable bonds is 14. The van der Waals surface area contributed by atoms with E-state index in [2.05, 4.69) is 0 Å². The fourth-order valence-electron chi connectivity index (χ4n) is 3.46. The lowest BCUT2D eigenvalue weighted by atomic mass is 9.97. The minimum atomic E-state index is -1.30. The molecule has 4 N–H and O–H groups in total. The van der Waals surface area contributed by atoms with Crippen molar-refractivity contribution in [3.8, 4) is 11.5 Å². The molecule has 0 aliphatic rings. The third kappa shape index (κ3) is 10.2. The number of hydrogen-bond acceptors (Lipinski definition) is 6. The number of ether oxygens (including phenoxy) is 1. The standard InChI is InChI=1S/C22H34O7/c1-15(23)10-8-6-4-3-5-7-9-11-19(29-16(2)24)13-17-12-18(25)14-20(26)21(17)22(27)28/h12,14-15,19,23,25-26H,3-11,13H2,1-2H3,(H,27,28)/t15-,19+/m1/s1. The van der Waals surface area contributed by atoms with Gasteiger partial charge in [-0.3, -0.25) is 4.79 Å². The van der Waals surface area contributed by atoms with Gasteiger partial charge < -0.3 is 25.2 Å². The molecule has 7 nitrogen and oxygen atoms in total. The Bertz CT molecular complexity index is 655. The average molecular weight is 411 g/mol. The topological polar surface area (TPSA) is 124 Å². The van der Waals surface area contributed by atoms with Gasteiger partial charge in [0.05, 0.1) is 6.10 Å². The largest absolute Gasteiger partial charge is 0.508 e. The zero-order valence-electron chi connectivity index (χ0n) is 17.4. The number of unbranched alkanes of at least 4 members (excludes halogenated alkanes) is 6. The van der Waals surface area contributed by atoms with E-state index in [0.717, 1.165) is 57.4 Å². The molecule has 1 aromatic carbocycles. The van der Waals surface area contributed by atoms with E-state index >= 15 is 0 Å². The molecule has 0 bridgehead atoms. The molecular formula is C22H34O7. The van der Waals surface area contributed by atoms with E-state index < -0.39 is 23.8 Å². The van der Waals surface area contributed by atoms with Crippen molar-refractivity contribution >= 4 is 11.9 Å². The minimum Gasteiger partial charge on any atom is -0.508 e. The number of phenolic OH excluding ortho intramolecular Hbond substituents is 1. The Balaban J connectivity index is 2.51. The van der Waals surface area contributed by atoms with Crippen molar-refractivity contribution in [2.45, 2.75) is 90.3 Å². The summed E-state index contributed by atoms with van der Waals surface area (Å²) in [6.07, 6.45) is 8.05. The number of hydrogen-bond donors (Lipinski definition) is 4. The lowest BCUT2D eigenvalue weighted by Gasteiger charge is -2.19. The van der Waals surface area contributed by atoms with Crippen LogP contribution in [0.5, 0.6) is 11.5 Å². The maximum absolute atomic E-state index is 11.4. The Hall–Kier alpha value is -2.28. The van der Waals surface area contributed by atoms with Crippen molar-refractivity contribution < 1.29 is 34.8 Å². The van der Waals surface area contributed by atoms with E-state index in [1.165, 1.54) is 13.0 Å². The lowest BCUT2D eigenvalue weighted by molar-refractivity contribution is -0.146. The molecule has 1 rings (SSSR count). The molecule has 0 spiro atoms. The highest BCUT2D eigenvalue weighted by atomic mass is 16.5. The molecule has 2 atom stereocenters. The zero-order valence-corrected chi connectivity index (χ0v) is 17.4. The monoisotopic (exact) mass is 410 g/mol. The molecule has 0 heterocycles. The molecule has 0 aliphatic carbocycles. The number of aliphatic hydroxyl groups excluding tert-OH is 1. The summed E-state index contributed by atoms with van der Waals surface area (Å²) in [5.74, 6) is -2.49. The summed E-state index contributed by atoms with van der Waals surface area (Å²) in [5, 5.41) is 38.1. The van der Waals surface area contributed by atoms with Crippen LogP contribution in [0.15, 0.2) is 12.1 Å². The average Bonchev–Trinajstić information content (AvgIpc) is 2.58. The molecule has 7 heteroatoms. The SMILES string of the molecule is CC(=O)O[C@@H](CCCCCCCCC[C@@H](C)O)Cc1cc(O)cc(O)c1C(=O)O. The Kier molecular flexibility index (Phi) is 11.1. The number of carbonyl (C=O) groups excluding carboxylic acids is 1. The first kappa shape index (κ1) is 24.8. The van der Waals surface area contributed by atoms with E-state index in [1.807, 2.05) is 0 Å². The predicted octanol–water partition coefficient (Wildman–Crippen LogP) is 4.16. The van der Waals surface area contributed by atoms with Crippen LogP contribution in [0.4, 0.5) is 0 Å². The van der Waals surface area contributed by atoms with Gasteiger partial charge in [-0.1, -0.05) is 38.5 Å². The fourth-order valence-corrected chi connectivity index (χ4v) is 3.46. The summed E-state index contributed by atoms with van der Waals surface area (Å²) in [7, 11) is 0. The summed E-state index contributed by atoms with van der Waals surface area (Å²) < 4.78 is 5.33. The molecule has 1 aromatic rings. The van der Waals surface area contributed by atoms with Crippen LogP contribution in [0.25, 0.3) is 0 Å². The summed E-state index contributed by atoms with van der Waals surface area (Å²) in [4.78, 5) is 22.9. The highest BCUT2D eigenvalue weighted by Gasteiger charge is 2.21. The van der Waals surface area contributed by atoms with Crippen LogP contribution in [0.3, 0.4) is 0 Å². The highest BCUT2D eigenvalue weighted by Crippen LogP contribution is 2.29. The number of aliphatic hydroxyl groups is 1. The molecule has 0 amide bonds. The van der Waals surface area contributed by atoms with Crippen molar-refractivity contribution in [2.24, 2.45) is 0 Å². The first-order valence-corrected chi connectivity index (χ1v) is 10.3. The Morgan fingerprint density at radius 3 is 2.03 bits per heavy atom. The number of esters is 1. The molecule has 0 saturated carbocycles. The maximum atomic E-state index is 11.4. The third-order valence-corrected chi connectivity index (χ3v) is 4.83. The Morgan fingerprint density at radius 1 is 0.966 bits per heavy atom. The van der Waals surface area contributed by atoms with Gasteiger partial charge in [0.25, 0.3) is 0 Å². The first-order valence-electron chi connectivity index (χ1n) is 10.3. The molecule has 0 aliphatic heterocycles. The fraction of sp³-hybridized carbons (Fsp3) is 0.636. The van der Waals surface area contributed by atoms with Crippen molar-refractivity contribution in [1.29, 1.82) is 0 Å². The quantitative estimate of drug-likeness (QED) is 0.268. The second-order valence-electron chi connectivity index (χ2n) is 7.64. The maximum Gasteiger partial charge on any atom is 0.339 e. The molecule has 29 heavy (non-hydrogen) atoms. The molecule has 164 valence electrons.